The van der Waals surface area contributed by atoms with E-state index in [-0.39, 0.29) is 0 Å². The zero-order chi connectivity index (χ0) is 16.4. The predicted octanol–water partition coefficient (Wildman–Crippen LogP) is 1.87. The van der Waals surface area contributed by atoms with Gasteiger partial charge in [-0.1, -0.05) is 18.2 Å². The molecule has 0 bridgehead atoms. The molecular formula is C16H17N3O3S. The minimum Gasteiger partial charge on any atom is -0.479 e. The van der Waals surface area contributed by atoms with E-state index in [0.29, 0.717) is 23.4 Å². The number of carboxylic acid groups (broad SMARTS) is 1. The number of aromatic nitrogens is 2. The van der Waals surface area contributed by atoms with E-state index in [9.17, 15) is 14.7 Å². The summed E-state index contributed by atoms with van der Waals surface area (Å²) >= 11 is 1.54. The normalized spacial score (nSPS) is 20.4. The summed E-state index contributed by atoms with van der Waals surface area (Å²) in [6.45, 7) is 1.80. The van der Waals surface area contributed by atoms with Crippen molar-refractivity contribution in [3.8, 4) is 5.69 Å². The molecule has 1 aliphatic heterocycles. The Labute approximate surface area is 137 Å². The molecule has 1 amide bonds. The summed E-state index contributed by atoms with van der Waals surface area (Å²) in [5.74, 6) is -0.257. The fourth-order valence-electron chi connectivity index (χ4n) is 2.63. The van der Waals surface area contributed by atoms with E-state index in [1.807, 2.05) is 30.3 Å². The topological polar surface area (TPSA) is 84.2 Å². The van der Waals surface area contributed by atoms with Gasteiger partial charge in [0, 0.05) is 5.75 Å². The van der Waals surface area contributed by atoms with E-state index in [2.05, 4.69) is 10.4 Å². The van der Waals surface area contributed by atoms with Gasteiger partial charge in [0.15, 0.2) is 0 Å². The van der Waals surface area contributed by atoms with Crippen LogP contribution < -0.4 is 5.32 Å². The zero-order valence-electron chi connectivity index (χ0n) is 12.7. The van der Waals surface area contributed by atoms with Crippen LogP contribution in [0.3, 0.4) is 0 Å². The average molecular weight is 331 g/mol. The molecule has 0 saturated carbocycles. The largest absolute Gasteiger partial charge is 0.479 e. The lowest BCUT2D eigenvalue weighted by atomic mass is 9.98. The zero-order valence-corrected chi connectivity index (χ0v) is 13.5. The van der Waals surface area contributed by atoms with Crippen LogP contribution in [0, 0.1) is 6.92 Å². The van der Waals surface area contributed by atoms with Gasteiger partial charge in [-0.25, -0.2) is 9.48 Å². The first-order valence-electron chi connectivity index (χ1n) is 7.27. The van der Waals surface area contributed by atoms with Crippen molar-refractivity contribution in [1.82, 2.24) is 15.1 Å². The van der Waals surface area contributed by atoms with Crippen molar-refractivity contribution in [2.45, 2.75) is 18.9 Å². The number of thioether (sulfide) groups is 1. The lowest BCUT2D eigenvalue weighted by Crippen LogP contribution is -2.54. The Hall–Kier alpha value is -2.28. The number of benzene rings is 1. The Morgan fingerprint density at radius 3 is 2.70 bits per heavy atom. The minimum absolute atomic E-state index is 0.389. The predicted molar refractivity (Wildman–Crippen MR) is 88.1 cm³/mol. The van der Waals surface area contributed by atoms with Crippen LogP contribution in [0.4, 0.5) is 0 Å². The molecular weight excluding hydrogens is 314 g/mol. The quantitative estimate of drug-likeness (QED) is 0.893. The molecule has 120 valence electrons. The van der Waals surface area contributed by atoms with Crippen molar-refractivity contribution in [3.63, 3.8) is 0 Å². The third-order valence-corrected chi connectivity index (χ3v) is 5.23. The number of aliphatic carboxylic acids is 1. The van der Waals surface area contributed by atoms with Gasteiger partial charge in [0.2, 0.25) is 0 Å². The number of carboxylic acids is 1. The Kier molecular flexibility index (Phi) is 4.12. The van der Waals surface area contributed by atoms with E-state index >= 15 is 0 Å². The molecule has 23 heavy (non-hydrogen) atoms. The van der Waals surface area contributed by atoms with Gasteiger partial charge >= 0.3 is 5.97 Å². The van der Waals surface area contributed by atoms with Crippen LogP contribution in [0.1, 0.15) is 22.5 Å². The first-order chi connectivity index (χ1) is 11.0. The molecule has 1 unspecified atom stereocenters. The maximum Gasteiger partial charge on any atom is 0.330 e. The number of hydrogen-bond donors (Lipinski definition) is 2. The number of para-hydroxylation sites is 1. The number of hydrogen-bond acceptors (Lipinski definition) is 4. The smallest absolute Gasteiger partial charge is 0.330 e. The lowest BCUT2D eigenvalue weighted by molar-refractivity contribution is -0.143. The van der Waals surface area contributed by atoms with E-state index < -0.39 is 17.4 Å². The van der Waals surface area contributed by atoms with Crippen LogP contribution in [-0.2, 0) is 4.79 Å². The second-order valence-corrected chi connectivity index (χ2v) is 6.64. The number of rotatable bonds is 4. The van der Waals surface area contributed by atoms with E-state index in [4.69, 9.17) is 0 Å². The molecule has 0 radical (unpaired) electrons. The Morgan fingerprint density at radius 2 is 2.09 bits per heavy atom. The highest BCUT2D eigenvalue weighted by molar-refractivity contribution is 7.99. The van der Waals surface area contributed by atoms with Gasteiger partial charge in [-0.3, -0.25) is 4.79 Å². The fourth-order valence-corrected chi connectivity index (χ4v) is 3.96. The monoisotopic (exact) mass is 331 g/mol. The number of nitrogens with zero attached hydrogens (tertiary/aromatic N) is 2. The van der Waals surface area contributed by atoms with E-state index in [0.717, 1.165) is 11.4 Å². The van der Waals surface area contributed by atoms with Crippen LogP contribution in [0.2, 0.25) is 0 Å². The van der Waals surface area contributed by atoms with Crippen molar-refractivity contribution in [3.05, 3.63) is 47.8 Å². The van der Waals surface area contributed by atoms with Crippen molar-refractivity contribution in [1.29, 1.82) is 0 Å². The van der Waals surface area contributed by atoms with Crippen molar-refractivity contribution in [2.24, 2.45) is 0 Å². The molecule has 1 fully saturated rings. The van der Waals surface area contributed by atoms with Crippen LogP contribution >= 0.6 is 11.8 Å². The van der Waals surface area contributed by atoms with Gasteiger partial charge in [0.05, 0.1) is 23.1 Å². The summed E-state index contributed by atoms with van der Waals surface area (Å²) in [5.41, 5.74) is 0.753. The van der Waals surface area contributed by atoms with Crippen LogP contribution in [-0.4, -0.2) is 43.8 Å². The molecule has 1 saturated heterocycles. The summed E-state index contributed by atoms with van der Waals surface area (Å²) in [4.78, 5) is 24.1. The highest BCUT2D eigenvalue weighted by Crippen LogP contribution is 2.29. The number of nitrogens with one attached hydrogen (secondary N) is 1. The molecule has 1 aromatic carbocycles. The summed E-state index contributed by atoms with van der Waals surface area (Å²) in [5, 5.41) is 16.4. The van der Waals surface area contributed by atoms with Gasteiger partial charge in [0.1, 0.15) is 5.54 Å². The molecule has 6 nitrogen and oxygen atoms in total. The van der Waals surface area contributed by atoms with Crippen LogP contribution in [0.15, 0.2) is 36.5 Å². The third kappa shape index (κ3) is 2.84. The molecule has 1 aromatic heterocycles. The summed E-state index contributed by atoms with van der Waals surface area (Å²) < 4.78 is 1.67. The summed E-state index contributed by atoms with van der Waals surface area (Å²) in [6.07, 6.45) is 1.92. The molecule has 7 heteroatoms. The maximum absolute atomic E-state index is 12.5. The van der Waals surface area contributed by atoms with E-state index in [1.165, 1.54) is 18.0 Å². The Morgan fingerprint density at radius 1 is 1.35 bits per heavy atom. The SMILES string of the molecule is Cc1c(C(=O)NC2(C(=O)O)CCSC2)cnn1-c1ccccc1. The molecule has 0 aliphatic carbocycles. The van der Waals surface area contributed by atoms with Crippen LogP contribution in [0.5, 0.6) is 0 Å². The van der Waals surface area contributed by atoms with Gasteiger partial charge in [0.25, 0.3) is 5.91 Å². The molecule has 2 heterocycles. The van der Waals surface area contributed by atoms with Gasteiger partial charge in [-0.05, 0) is 31.2 Å². The maximum atomic E-state index is 12.5. The van der Waals surface area contributed by atoms with E-state index in [1.54, 1.807) is 11.6 Å². The van der Waals surface area contributed by atoms with Crippen molar-refractivity contribution in [2.75, 3.05) is 11.5 Å². The van der Waals surface area contributed by atoms with Crippen molar-refractivity contribution >= 4 is 23.6 Å². The number of carbonyl (C=O) groups excluding carboxylic acids is 1. The molecule has 2 aromatic rings. The summed E-state index contributed by atoms with van der Waals surface area (Å²) in [6, 6.07) is 9.49. The lowest BCUT2D eigenvalue weighted by Gasteiger charge is -2.24. The third-order valence-electron chi connectivity index (χ3n) is 4.04. The summed E-state index contributed by atoms with van der Waals surface area (Å²) in [7, 11) is 0. The molecule has 3 rings (SSSR count). The first kappa shape index (κ1) is 15.6. The van der Waals surface area contributed by atoms with Gasteiger partial charge in [-0.2, -0.15) is 16.9 Å². The highest BCUT2D eigenvalue weighted by atomic mass is 32.2. The number of amides is 1. The average Bonchev–Trinajstić information content (AvgIpc) is 3.16. The van der Waals surface area contributed by atoms with Crippen LogP contribution in [0.25, 0.3) is 5.69 Å². The molecule has 2 N–H and O–H groups in total. The number of carbonyl (C=O) groups is 2. The van der Waals surface area contributed by atoms with Gasteiger partial charge in [-0.15, -0.1) is 0 Å². The molecule has 1 aliphatic rings. The Balaban J connectivity index is 1.86. The standard InChI is InChI=1S/C16H17N3O3S/c1-11-13(9-17-19(11)12-5-3-2-4-6-12)14(20)18-16(15(21)22)7-8-23-10-16/h2-6,9H,7-8,10H2,1H3,(H,18,20)(H,21,22). The molecule has 0 spiro atoms. The Bertz CT molecular complexity index is 736. The second kappa shape index (κ2) is 6.08. The van der Waals surface area contributed by atoms with Gasteiger partial charge < -0.3 is 10.4 Å². The fraction of sp³-hybridized carbons (Fsp3) is 0.312. The molecule has 1 atom stereocenters. The van der Waals surface area contributed by atoms with Crippen molar-refractivity contribution < 1.29 is 14.7 Å². The highest BCUT2D eigenvalue weighted by Gasteiger charge is 2.43. The minimum atomic E-state index is -1.18. The second-order valence-electron chi connectivity index (χ2n) is 5.53. The first-order valence-corrected chi connectivity index (χ1v) is 8.43.